The lowest BCUT2D eigenvalue weighted by Gasteiger charge is -2.23. The lowest BCUT2D eigenvalue weighted by molar-refractivity contribution is -0.142. The Kier molecular flexibility index (Phi) is 2.89. The Morgan fingerprint density at radius 1 is 1.32 bits per heavy atom. The molecular weight excluding hydrogens is 246 g/mol. The van der Waals surface area contributed by atoms with Crippen molar-refractivity contribution in [2.24, 2.45) is 11.8 Å². The van der Waals surface area contributed by atoms with Crippen LogP contribution in [0, 0.1) is 11.8 Å². The monoisotopic (exact) mass is 261 g/mol. The number of likely N-dealkylation sites (tertiary alicyclic amines) is 1. The van der Waals surface area contributed by atoms with Crippen LogP contribution >= 0.6 is 0 Å². The number of aliphatic carboxylic acids is 1. The summed E-state index contributed by atoms with van der Waals surface area (Å²) in [6.45, 7) is 0.688. The lowest BCUT2D eigenvalue weighted by Crippen LogP contribution is -2.43. The van der Waals surface area contributed by atoms with Crippen molar-refractivity contribution in [3.05, 3.63) is 35.9 Å². The second-order valence-corrected chi connectivity index (χ2v) is 5.14. The molecule has 1 aliphatic carbocycles. The minimum Gasteiger partial charge on any atom is -0.480 e. The molecule has 2 fully saturated rings. The van der Waals surface area contributed by atoms with Crippen LogP contribution in [-0.4, -0.2) is 34.7 Å². The number of hydrogen-bond donors (Lipinski definition) is 1. The van der Waals surface area contributed by atoms with Gasteiger partial charge in [-0.15, -0.1) is 0 Å². The predicted octanol–water partition coefficient (Wildman–Crippen LogP) is 1.73. The maximum absolute atomic E-state index is 11.9. The van der Waals surface area contributed by atoms with Crippen LogP contribution in [0.4, 0.5) is 4.79 Å². The van der Waals surface area contributed by atoms with Gasteiger partial charge in [-0.2, -0.15) is 0 Å². The molecule has 1 saturated carbocycles. The maximum Gasteiger partial charge on any atom is 0.410 e. The number of nitrogens with zero attached hydrogens (tertiary/aromatic N) is 1. The highest BCUT2D eigenvalue weighted by Crippen LogP contribution is 2.49. The average Bonchev–Trinajstić information content (AvgIpc) is 3.07. The second-order valence-electron chi connectivity index (χ2n) is 5.14. The summed E-state index contributed by atoms with van der Waals surface area (Å²) in [5.41, 5.74) is 0.895. The molecule has 1 aromatic carbocycles. The third-order valence-corrected chi connectivity index (χ3v) is 3.84. The summed E-state index contributed by atoms with van der Waals surface area (Å²) in [7, 11) is 0. The summed E-state index contributed by atoms with van der Waals surface area (Å²) in [6.07, 6.45) is 0.392. The number of carboxylic acid groups (broad SMARTS) is 1. The highest BCUT2D eigenvalue weighted by Gasteiger charge is 2.57. The van der Waals surface area contributed by atoms with E-state index in [-0.39, 0.29) is 12.5 Å². The van der Waals surface area contributed by atoms with Crippen molar-refractivity contribution in [3.8, 4) is 0 Å². The molecule has 1 saturated heterocycles. The molecule has 100 valence electrons. The third kappa shape index (κ3) is 2.28. The first-order valence-corrected chi connectivity index (χ1v) is 6.37. The number of ether oxygens (including phenoxy) is 1. The molecular formula is C14H15NO4. The number of rotatable bonds is 3. The Morgan fingerprint density at radius 3 is 2.74 bits per heavy atom. The van der Waals surface area contributed by atoms with Crippen molar-refractivity contribution >= 4 is 12.1 Å². The Balaban J connectivity index is 1.60. The Labute approximate surface area is 110 Å². The molecule has 1 N–H and O–H groups in total. The van der Waals surface area contributed by atoms with E-state index in [4.69, 9.17) is 9.84 Å². The molecule has 0 aromatic heterocycles. The number of carbonyl (C=O) groups excluding carboxylic acids is 1. The fourth-order valence-electron chi connectivity index (χ4n) is 2.77. The zero-order chi connectivity index (χ0) is 13.4. The lowest BCUT2D eigenvalue weighted by atomic mass is 10.2. The molecule has 1 amide bonds. The van der Waals surface area contributed by atoms with Crippen molar-refractivity contribution in [2.45, 2.75) is 19.1 Å². The fraction of sp³-hybridized carbons (Fsp3) is 0.429. The van der Waals surface area contributed by atoms with Gasteiger partial charge in [0.05, 0.1) is 0 Å². The summed E-state index contributed by atoms with van der Waals surface area (Å²) in [6, 6.07) is 8.66. The van der Waals surface area contributed by atoms with E-state index in [1.165, 1.54) is 4.90 Å². The van der Waals surface area contributed by atoms with Crippen LogP contribution in [0.5, 0.6) is 0 Å². The Hall–Kier alpha value is -2.04. The van der Waals surface area contributed by atoms with Crippen molar-refractivity contribution in [1.29, 1.82) is 0 Å². The number of amides is 1. The maximum atomic E-state index is 11.9. The first kappa shape index (κ1) is 12.0. The number of piperidine rings is 1. The number of benzene rings is 1. The van der Waals surface area contributed by atoms with Crippen molar-refractivity contribution in [1.82, 2.24) is 4.90 Å². The van der Waals surface area contributed by atoms with Crippen LogP contribution in [0.2, 0.25) is 0 Å². The van der Waals surface area contributed by atoms with Gasteiger partial charge in [0, 0.05) is 6.54 Å². The van der Waals surface area contributed by atoms with Gasteiger partial charge in [0.2, 0.25) is 0 Å². The molecule has 0 spiro atoms. The van der Waals surface area contributed by atoms with E-state index >= 15 is 0 Å². The minimum absolute atomic E-state index is 0.127. The highest BCUT2D eigenvalue weighted by atomic mass is 16.6. The number of hydrogen-bond acceptors (Lipinski definition) is 3. The van der Waals surface area contributed by atoms with E-state index < -0.39 is 18.1 Å². The zero-order valence-electron chi connectivity index (χ0n) is 10.4. The summed E-state index contributed by atoms with van der Waals surface area (Å²) in [5, 5.41) is 9.17. The molecule has 3 atom stereocenters. The number of fused-ring (bicyclic) bond motifs is 1. The van der Waals surface area contributed by atoms with Gasteiger partial charge in [0.1, 0.15) is 12.6 Å². The van der Waals surface area contributed by atoms with E-state index in [9.17, 15) is 9.59 Å². The largest absolute Gasteiger partial charge is 0.480 e. The first-order valence-electron chi connectivity index (χ1n) is 6.37. The summed E-state index contributed by atoms with van der Waals surface area (Å²) in [5.74, 6) is -0.450. The summed E-state index contributed by atoms with van der Waals surface area (Å²) < 4.78 is 5.18. The van der Waals surface area contributed by atoms with Gasteiger partial charge in [0.25, 0.3) is 0 Å². The van der Waals surface area contributed by atoms with E-state index in [0.717, 1.165) is 12.0 Å². The van der Waals surface area contributed by atoms with Gasteiger partial charge >= 0.3 is 12.1 Å². The van der Waals surface area contributed by atoms with Crippen molar-refractivity contribution in [3.63, 3.8) is 0 Å². The molecule has 0 radical (unpaired) electrons. The molecule has 5 nitrogen and oxygen atoms in total. The highest BCUT2D eigenvalue weighted by molar-refractivity contribution is 5.82. The van der Waals surface area contributed by atoms with E-state index in [1.54, 1.807) is 0 Å². The average molecular weight is 261 g/mol. The molecule has 1 aromatic rings. The smallest absolute Gasteiger partial charge is 0.410 e. The van der Waals surface area contributed by atoms with Crippen LogP contribution in [0.25, 0.3) is 0 Å². The van der Waals surface area contributed by atoms with Crippen LogP contribution in [0.1, 0.15) is 12.0 Å². The zero-order valence-corrected chi connectivity index (χ0v) is 10.4. The molecule has 1 aliphatic heterocycles. The van der Waals surface area contributed by atoms with Gasteiger partial charge in [0.15, 0.2) is 0 Å². The van der Waals surface area contributed by atoms with E-state index in [1.807, 2.05) is 30.3 Å². The fourth-order valence-corrected chi connectivity index (χ4v) is 2.77. The van der Waals surface area contributed by atoms with Crippen LogP contribution in [0.3, 0.4) is 0 Å². The molecule has 1 heterocycles. The molecule has 5 heteroatoms. The standard InChI is InChI=1S/C14H15NO4/c16-13(17)12-11-6-10(11)7-15(12)14(18)19-8-9-4-2-1-3-5-9/h1-5,10-12H,6-8H2,(H,16,17)/t10?,11?,12-/m0/s1. The van der Waals surface area contributed by atoms with Gasteiger partial charge in [-0.05, 0) is 23.8 Å². The van der Waals surface area contributed by atoms with Crippen molar-refractivity contribution < 1.29 is 19.4 Å². The minimum atomic E-state index is -0.929. The first-order chi connectivity index (χ1) is 9.16. The third-order valence-electron chi connectivity index (χ3n) is 3.84. The Morgan fingerprint density at radius 2 is 2.05 bits per heavy atom. The molecule has 3 rings (SSSR count). The topological polar surface area (TPSA) is 66.8 Å². The van der Waals surface area contributed by atoms with Gasteiger partial charge in [-0.3, -0.25) is 4.90 Å². The van der Waals surface area contributed by atoms with Gasteiger partial charge < -0.3 is 9.84 Å². The number of carbonyl (C=O) groups is 2. The van der Waals surface area contributed by atoms with E-state index in [2.05, 4.69) is 0 Å². The molecule has 19 heavy (non-hydrogen) atoms. The number of carboxylic acids is 1. The predicted molar refractivity (Wildman–Crippen MR) is 66.4 cm³/mol. The van der Waals surface area contributed by atoms with Gasteiger partial charge in [-0.1, -0.05) is 30.3 Å². The van der Waals surface area contributed by atoms with Crippen molar-refractivity contribution in [2.75, 3.05) is 6.54 Å². The van der Waals surface area contributed by atoms with Crippen LogP contribution < -0.4 is 0 Å². The van der Waals surface area contributed by atoms with Crippen LogP contribution in [-0.2, 0) is 16.1 Å². The summed E-state index contributed by atoms with van der Waals surface area (Å²) in [4.78, 5) is 24.5. The SMILES string of the molecule is O=C(O)[C@@H]1C2CC2CN1C(=O)OCc1ccccc1. The molecule has 2 aliphatic rings. The normalized spacial score (nSPS) is 27.8. The Bertz CT molecular complexity index is 501. The van der Waals surface area contributed by atoms with Gasteiger partial charge in [-0.25, -0.2) is 9.59 Å². The summed E-state index contributed by atoms with van der Waals surface area (Å²) >= 11 is 0. The molecule has 0 bridgehead atoms. The second kappa shape index (κ2) is 4.57. The van der Waals surface area contributed by atoms with E-state index in [0.29, 0.717) is 12.5 Å². The quantitative estimate of drug-likeness (QED) is 0.899. The molecule has 2 unspecified atom stereocenters. The van der Waals surface area contributed by atoms with Crippen LogP contribution in [0.15, 0.2) is 30.3 Å².